The molecule has 0 saturated heterocycles. The fraction of sp³-hybridized carbons (Fsp3) is 0.625. The molecule has 0 atom stereocenters. The summed E-state index contributed by atoms with van der Waals surface area (Å²) in [5.41, 5.74) is 0. The van der Waals surface area contributed by atoms with Gasteiger partial charge in [0.2, 0.25) is 5.91 Å². The molecule has 0 aliphatic heterocycles. The highest BCUT2D eigenvalue weighted by molar-refractivity contribution is 5.83. The molecule has 7 nitrogen and oxygen atoms in total. The van der Waals surface area contributed by atoms with E-state index in [0.717, 1.165) is 0 Å². The molecule has 86 valence electrons. The lowest BCUT2D eigenvalue weighted by atomic mass is 10.4. The first-order chi connectivity index (χ1) is 6.97. The van der Waals surface area contributed by atoms with Crippen LogP contribution in [0.2, 0.25) is 0 Å². The molecule has 0 aromatic rings. The average Bonchev–Trinajstić information content (AvgIpc) is 2.16. The molecule has 0 spiro atoms. The minimum absolute atomic E-state index is 0.0479. The molecule has 0 rings (SSSR count). The number of nitrogens with one attached hydrogen (secondary N) is 2. The first-order valence-corrected chi connectivity index (χ1v) is 4.38. The van der Waals surface area contributed by atoms with Crippen LogP contribution in [0.15, 0.2) is 0 Å². The van der Waals surface area contributed by atoms with Crippen molar-refractivity contribution in [2.45, 2.75) is 6.42 Å². The van der Waals surface area contributed by atoms with Crippen LogP contribution in [-0.2, 0) is 9.59 Å². The van der Waals surface area contributed by atoms with E-state index in [9.17, 15) is 14.4 Å². The van der Waals surface area contributed by atoms with Crippen LogP contribution in [0.5, 0.6) is 0 Å². The van der Waals surface area contributed by atoms with Crippen LogP contribution in [-0.4, -0.2) is 55.1 Å². The van der Waals surface area contributed by atoms with Crippen molar-refractivity contribution in [2.75, 3.05) is 27.2 Å². The van der Waals surface area contributed by atoms with Crippen molar-refractivity contribution in [1.29, 1.82) is 0 Å². The number of rotatable bonds is 5. The number of likely N-dealkylation sites (N-methyl/N-ethyl adjacent to an activating group) is 2. The van der Waals surface area contributed by atoms with Crippen molar-refractivity contribution in [3.63, 3.8) is 0 Å². The van der Waals surface area contributed by atoms with Gasteiger partial charge in [-0.2, -0.15) is 0 Å². The van der Waals surface area contributed by atoms with Gasteiger partial charge in [-0.3, -0.25) is 9.59 Å². The van der Waals surface area contributed by atoms with Gasteiger partial charge < -0.3 is 20.6 Å². The fourth-order valence-electron chi connectivity index (χ4n) is 0.778. The van der Waals surface area contributed by atoms with Crippen molar-refractivity contribution >= 4 is 17.9 Å². The van der Waals surface area contributed by atoms with Gasteiger partial charge in [-0.15, -0.1) is 0 Å². The molecule has 7 heteroatoms. The van der Waals surface area contributed by atoms with E-state index in [0.29, 0.717) is 0 Å². The average molecular weight is 217 g/mol. The molecule has 0 saturated carbocycles. The van der Waals surface area contributed by atoms with E-state index in [1.165, 1.54) is 19.0 Å². The van der Waals surface area contributed by atoms with E-state index in [1.807, 2.05) is 0 Å². The zero-order valence-corrected chi connectivity index (χ0v) is 8.74. The Morgan fingerprint density at radius 3 is 2.40 bits per heavy atom. The molecule has 0 aromatic heterocycles. The predicted octanol–water partition coefficient (Wildman–Crippen LogP) is -1.15. The SMILES string of the molecule is CNC(=O)CN(C)C(=O)NCCC(=O)O. The molecule has 3 N–H and O–H groups in total. The lowest BCUT2D eigenvalue weighted by molar-refractivity contribution is -0.136. The molecule has 3 amide bonds. The Morgan fingerprint density at radius 1 is 1.33 bits per heavy atom. The van der Waals surface area contributed by atoms with Crippen molar-refractivity contribution in [3.8, 4) is 0 Å². The van der Waals surface area contributed by atoms with Crippen LogP contribution in [0, 0.1) is 0 Å². The number of carbonyl (C=O) groups is 3. The van der Waals surface area contributed by atoms with E-state index in [-0.39, 0.29) is 25.4 Å². The van der Waals surface area contributed by atoms with Gasteiger partial charge in [0.1, 0.15) is 6.54 Å². The van der Waals surface area contributed by atoms with Crippen LogP contribution in [0.25, 0.3) is 0 Å². The largest absolute Gasteiger partial charge is 0.481 e. The van der Waals surface area contributed by atoms with Crippen molar-refractivity contribution < 1.29 is 19.5 Å². The van der Waals surface area contributed by atoms with E-state index < -0.39 is 12.0 Å². The maximum atomic E-state index is 11.2. The maximum Gasteiger partial charge on any atom is 0.317 e. The monoisotopic (exact) mass is 217 g/mol. The smallest absolute Gasteiger partial charge is 0.317 e. The van der Waals surface area contributed by atoms with Gasteiger partial charge in [-0.25, -0.2) is 4.79 Å². The summed E-state index contributed by atoms with van der Waals surface area (Å²) in [7, 11) is 2.92. The number of hydrogen-bond acceptors (Lipinski definition) is 3. The summed E-state index contributed by atoms with van der Waals surface area (Å²) in [5.74, 6) is -1.27. The highest BCUT2D eigenvalue weighted by Crippen LogP contribution is 1.85. The molecule has 0 aliphatic carbocycles. The summed E-state index contributed by atoms with van der Waals surface area (Å²) in [6.07, 6.45) is -0.139. The third-order valence-corrected chi connectivity index (χ3v) is 1.62. The Hall–Kier alpha value is -1.79. The van der Waals surface area contributed by atoms with Crippen LogP contribution in [0.3, 0.4) is 0 Å². The third kappa shape index (κ3) is 6.30. The zero-order valence-electron chi connectivity index (χ0n) is 8.74. The van der Waals surface area contributed by atoms with Crippen LogP contribution in [0.1, 0.15) is 6.42 Å². The minimum Gasteiger partial charge on any atom is -0.481 e. The van der Waals surface area contributed by atoms with Gasteiger partial charge in [0.15, 0.2) is 0 Å². The van der Waals surface area contributed by atoms with Crippen LogP contribution in [0.4, 0.5) is 4.79 Å². The first-order valence-electron chi connectivity index (χ1n) is 4.38. The number of carbonyl (C=O) groups excluding carboxylic acids is 2. The normalized spacial score (nSPS) is 9.20. The number of amides is 3. The molecule has 0 heterocycles. The number of hydrogen-bond donors (Lipinski definition) is 3. The predicted molar refractivity (Wildman–Crippen MR) is 52.3 cm³/mol. The van der Waals surface area contributed by atoms with Gasteiger partial charge in [-0.1, -0.05) is 0 Å². The molecule has 0 aromatic carbocycles. The summed E-state index contributed by atoms with van der Waals surface area (Å²) in [5, 5.41) is 13.1. The van der Waals surface area contributed by atoms with Gasteiger partial charge >= 0.3 is 12.0 Å². The molecular formula is C8H15N3O4. The highest BCUT2D eigenvalue weighted by atomic mass is 16.4. The van der Waals surface area contributed by atoms with E-state index in [1.54, 1.807) is 0 Å². The molecular weight excluding hydrogens is 202 g/mol. The van der Waals surface area contributed by atoms with Gasteiger partial charge in [0.05, 0.1) is 6.42 Å². The quantitative estimate of drug-likeness (QED) is 0.541. The van der Waals surface area contributed by atoms with Gasteiger partial charge in [-0.05, 0) is 0 Å². The van der Waals surface area contributed by atoms with Crippen LogP contribution < -0.4 is 10.6 Å². The van der Waals surface area contributed by atoms with Gasteiger partial charge in [0, 0.05) is 20.6 Å². The molecule has 0 fully saturated rings. The number of urea groups is 1. The standard InChI is InChI=1S/C8H15N3O4/c1-9-6(12)5-11(2)8(15)10-4-3-7(13)14/h3-5H2,1-2H3,(H,9,12)(H,10,15)(H,13,14). The van der Waals surface area contributed by atoms with E-state index >= 15 is 0 Å². The van der Waals surface area contributed by atoms with Crippen molar-refractivity contribution in [3.05, 3.63) is 0 Å². The summed E-state index contributed by atoms with van der Waals surface area (Å²) < 4.78 is 0. The second-order valence-electron chi connectivity index (χ2n) is 2.90. The Bertz CT molecular complexity index is 254. The van der Waals surface area contributed by atoms with Crippen molar-refractivity contribution in [2.24, 2.45) is 0 Å². The lowest BCUT2D eigenvalue weighted by Crippen LogP contribution is -2.43. The molecule has 0 bridgehead atoms. The Labute approximate surface area is 87.4 Å². The molecule has 0 radical (unpaired) electrons. The minimum atomic E-state index is -0.982. The Morgan fingerprint density at radius 2 is 1.93 bits per heavy atom. The lowest BCUT2D eigenvalue weighted by Gasteiger charge is -2.16. The number of nitrogens with zero attached hydrogens (tertiary/aromatic N) is 1. The maximum absolute atomic E-state index is 11.2. The first kappa shape index (κ1) is 13.2. The Kier molecular flexibility index (Phi) is 5.84. The zero-order chi connectivity index (χ0) is 11.8. The van der Waals surface area contributed by atoms with Crippen LogP contribution >= 0.6 is 0 Å². The number of aliphatic carboxylic acids is 1. The number of carboxylic acid groups (broad SMARTS) is 1. The second-order valence-corrected chi connectivity index (χ2v) is 2.90. The fourth-order valence-corrected chi connectivity index (χ4v) is 0.778. The number of carboxylic acids is 1. The summed E-state index contributed by atoms with van der Waals surface area (Å²) in [4.78, 5) is 33.4. The van der Waals surface area contributed by atoms with Crippen molar-refractivity contribution in [1.82, 2.24) is 15.5 Å². The Balaban J connectivity index is 3.79. The summed E-state index contributed by atoms with van der Waals surface area (Å²) >= 11 is 0. The van der Waals surface area contributed by atoms with Gasteiger partial charge in [0.25, 0.3) is 0 Å². The molecule has 15 heavy (non-hydrogen) atoms. The molecule has 0 unspecified atom stereocenters. The topological polar surface area (TPSA) is 98.7 Å². The molecule has 0 aliphatic rings. The highest BCUT2D eigenvalue weighted by Gasteiger charge is 2.11. The van der Waals surface area contributed by atoms with E-state index in [2.05, 4.69) is 10.6 Å². The third-order valence-electron chi connectivity index (χ3n) is 1.62. The van der Waals surface area contributed by atoms with E-state index in [4.69, 9.17) is 5.11 Å². The second kappa shape index (κ2) is 6.63. The summed E-state index contributed by atoms with van der Waals surface area (Å²) in [6, 6.07) is -0.472. The summed E-state index contributed by atoms with van der Waals surface area (Å²) in [6.45, 7) is -0.0122.